The van der Waals surface area contributed by atoms with Gasteiger partial charge in [0.15, 0.2) is 0 Å². The van der Waals surface area contributed by atoms with Crippen LogP contribution in [0.1, 0.15) is 12.8 Å². The minimum absolute atomic E-state index is 0.0322. The van der Waals surface area contributed by atoms with Crippen LogP contribution in [0.25, 0.3) is 0 Å². The number of carbonyl (C=O) groups is 1. The van der Waals surface area contributed by atoms with E-state index in [9.17, 15) is 13.2 Å². The number of amides is 1. The van der Waals surface area contributed by atoms with Crippen molar-refractivity contribution in [3.63, 3.8) is 0 Å². The second kappa shape index (κ2) is 6.07. The zero-order chi connectivity index (χ0) is 14.8. The molecular formula is C12H16ClN3O3S. The van der Waals surface area contributed by atoms with Crippen LogP contribution in [0, 0.1) is 5.92 Å². The Morgan fingerprint density at radius 1 is 1.40 bits per heavy atom. The smallest absolute Gasteiger partial charge is 0.244 e. The van der Waals surface area contributed by atoms with Crippen molar-refractivity contribution < 1.29 is 13.2 Å². The van der Waals surface area contributed by atoms with Gasteiger partial charge in [-0.3, -0.25) is 4.79 Å². The monoisotopic (exact) mass is 317 g/mol. The molecule has 20 heavy (non-hydrogen) atoms. The highest BCUT2D eigenvalue weighted by molar-refractivity contribution is 7.89. The minimum atomic E-state index is -3.55. The molecule has 0 bridgehead atoms. The Morgan fingerprint density at radius 3 is 2.55 bits per heavy atom. The van der Waals surface area contributed by atoms with Gasteiger partial charge in [-0.05, 0) is 25.0 Å². The number of halogens is 1. The van der Waals surface area contributed by atoms with E-state index in [-0.39, 0.29) is 21.9 Å². The van der Waals surface area contributed by atoms with Crippen LogP contribution in [0.3, 0.4) is 0 Å². The third-order valence-corrected chi connectivity index (χ3v) is 5.51. The lowest BCUT2D eigenvalue weighted by molar-refractivity contribution is -0.125. The van der Waals surface area contributed by atoms with Crippen molar-refractivity contribution >= 4 is 27.5 Å². The van der Waals surface area contributed by atoms with Crippen LogP contribution in [-0.2, 0) is 14.8 Å². The fraction of sp³-hybridized carbons (Fsp3) is 0.500. The van der Waals surface area contributed by atoms with E-state index in [2.05, 4.69) is 10.3 Å². The number of nitrogens with one attached hydrogen (secondary N) is 1. The first-order valence-electron chi connectivity index (χ1n) is 6.28. The Hall–Kier alpha value is -1.18. The van der Waals surface area contributed by atoms with Gasteiger partial charge in [0.1, 0.15) is 10.0 Å². The van der Waals surface area contributed by atoms with Gasteiger partial charge in [0.25, 0.3) is 0 Å². The second-order valence-corrected chi connectivity index (χ2v) is 6.93. The van der Waals surface area contributed by atoms with Crippen LogP contribution in [0.4, 0.5) is 0 Å². The van der Waals surface area contributed by atoms with E-state index < -0.39 is 10.0 Å². The van der Waals surface area contributed by atoms with Gasteiger partial charge in [0.2, 0.25) is 15.9 Å². The Kier molecular flexibility index (Phi) is 4.62. The molecule has 0 unspecified atom stereocenters. The van der Waals surface area contributed by atoms with Crippen molar-refractivity contribution in [1.82, 2.24) is 14.6 Å². The predicted octanol–water partition coefficient (Wildman–Crippen LogP) is 0.882. The van der Waals surface area contributed by atoms with E-state index >= 15 is 0 Å². The van der Waals surface area contributed by atoms with Gasteiger partial charge in [-0.15, -0.1) is 0 Å². The third kappa shape index (κ3) is 3.11. The van der Waals surface area contributed by atoms with Crippen LogP contribution >= 0.6 is 11.6 Å². The highest BCUT2D eigenvalue weighted by Crippen LogP contribution is 2.24. The zero-order valence-corrected chi connectivity index (χ0v) is 12.6. The molecule has 110 valence electrons. The summed E-state index contributed by atoms with van der Waals surface area (Å²) in [5, 5.41) is 2.85. The Balaban J connectivity index is 2.09. The number of hydrogen-bond donors (Lipinski definition) is 1. The van der Waals surface area contributed by atoms with Crippen molar-refractivity contribution in [2.24, 2.45) is 5.92 Å². The van der Waals surface area contributed by atoms with E-state index in [1.807, 2.05) is 0 Å². The molecule has 1 aliphatic rings. The second-order valence-electron chi connectivity index (χ2n) is 4.61. The molecule has 1 aromatic heterocycles. The highest BCUT2D eigenvalue weighted by atomic mass is 35.5. The minimum Gasteiger partial charge on any atom is -0.359 e. The molecule has 1 N–H and O–H groups in total. The van der Waals surface area contributed by atoms with Crippen LogP contribution in [0.5, 0.6) is 0 Å². The molecule has 1 aromatic rings. The van der Waals surface area contributed by atoms with E-state index in [0.29, 0.717) is 25.9 Å². The van der Waals surface area contributed by atoms with Gasteiger partial charge in [-0.25, -0.2) is 13.4 Å². The molecule has 2 heterocycles. The molecule has 1 saturated heterocycles. The zero-order valence-electron chi connectivity index (χ0n) is 11.0. The number of nitrogens with zero attached hydrogens (tertiary/aromatic N) is 2. The maximum absolute atomic E-state index is 12.4. The summed E-state index contributed by atoms with van der Waals surface area (Å²) in [4.78, 5) is 15.4. The lowest BCUT2D eigenvalue weighted by atomic mass is 9.97. The predicted molar refractivity (Wildman–Crippen MR) is 74.8 cm³/mol. The molecule has 1 fully saturated rings. The summed E-state index contributed by atoms with van der Waals surface area (Å²) in [5.74, 6) is -0.148. The topological polar surface area (TPSA) is 79.4 Å². The van der Waals surface area contributed by atoms with Gasteiger partial charge in [-0.2, -0.15) is 4.31 Å². The van der Waals surface area contributed by atoms with Gasteiger partial charge < -0.3 is 5.32 Å². The van der Waals surface area contributed by atoms with E-state index in [0.717, 1.165) is 0 Å². The normalized spacial score (nSPS) is 17.9. The number of pyridine rings is 1. The summed E-state index contributed by atoms with van der Waals surface area (Å²) in [6.45, 7) is 0.673. The maximum Gasteiger partial charge on any atom is 0.244 e. The van der Waals surface area contributed by atoms with Crippen molar-refractivity contribution in [2.45, 2.75) is 17.7 Å². The Morgan fingerprint density at radius 2 is 2.05 bits per heavy atom. The fourth-order valence-electron chi connectivity index (χ4n) is 2.23. The molecule has 6 nitrogen and oxygen atoms in total. The van der Waals surface area contributed by atoms with Crippen LogP contribution in [0.2, 0.25) is 5.15 Å². The van der Waals surface area contributed by atoms with E-state index in [4.69, 9.17) is 11.6 Å². The molecule has 0 aromatic carbocycles. The number of aromatic nitrogens is 1. The first kappa shape index (κ1) is 15.2. The summed E-state index contributed by atoms with van der Waals surface area (Å²) >= 11 is 5.65. The van der Waals surface area contributed by atoms with Gasteiger partial charge >= 0.3 is 0 Å². The van der Waals surface area contributed by atoms with Crippen molar-refractivity contribution in [3.05, 3.63) is 23.5 Å². The van der Waals surface area contributed by atoms with Gasteiger partial charge in [0.05, 0.1) is 0 Å². The van der Waals surface area contributed by atoms with E-state index in [1.165, 1.54) is 22.6 Å². The lowest BCUT2D eigenvalue weighted by Gasteiger charge is -2.30. The average molecular weight is 318 g/mol. The molecule has 1 amide bonds. The summed E-state index contributed by atoms with van der Waals surface area (Å²) in [7, 11) is -1.97. The van der Waals surface area contributed by atoms with Crippen LogP contribution < -0.4 is 5.32 Å². The SMILES string of the molecule is CNC(=O)C1CCN(S(=O)(=O)c2ccc(Cl)nc2)CC1. The quantitative estimate of drug-likeness (QED) is 0.839. The summed E-state index contributed by atoms with van der Waals surface area (Å²) in [6.07, 6.45) is 2.31. The number of rotatable bonds is 3. The largest absolute Gasteiger partial charge is 0.359 e. The Labute approximate surface area is 123 Å². The number of piperidine rings is 1. The first-order valence-corrected chi connectivity index (χ1v) is 8.10. The highest BCUT2D eigenvalue weighted by Gasteiger charge is 2.31. The molecule has 8 heteroatoms. The van der Waals surface area contributed by atoms with Crippen molar-refractivity contribution in [1.29, 1.82) is 0 Å². The molecular weight excluding hydrogens is 302 g/mol. The summed E-state index contributed by atoms with van der Waals surface area (Å²) in [5.41, 5.74) is 0. The third-order valence-electron chi connectivity index (χ3n) is 3.41. The van der Waals surface area contributed by atoms with Gasteiger partial charge in [-0.1, -0.05) is 11.6 Å². The summed E-state index contributed by atoms with van der Waals surface area (Å²) < 4.78 is 26.2. The standard InChI is InChI=1S/C12H16ClN3O3S/c1-14-12(17)9-4-6-16(7-5-9)20(18,19)10-2-3-11(13)15-8-10/h2-3,8-9H,4-7H2,1H3,(H,14,17). The molecule has 1 aliphatic heterocycles. The van der Waals surface area contributed by atoms with E-state index in [1.54, 1.807) is 7.05 Å². The fourth-order valence-corrected chi connectivity index (χ4v) is 3.75. The number of carbonyl (C=O) groups excluding carboxylic acids is 1. The van der Waals surface area contributed by atoms with Crippen LogP contribution in [0.15, 0.2) is 23.2 Å². The average Bonchev–Trinajstić information content (AvgIpc) is 2.47. The molecule has 0 saturated carbocycles. The lowest BCUT2D eigenvalue weighted by Crippen LogP contribution is -2.42. The first-order chi connectivity index (χ1) is 9.45. The molecule has 2 rings (SSSR count). The molecule has 0 atom stereocenters. The maximum atomic E-state index is 12.4. The molecule has 0 aliphatic carbocycles. The summed E-state index contributed by atoms with van der Waals surface area (Å²) in [6, 6.07) is 2.89. The number of sulfonamides is 1. The van der Waals surface area contributed by atoms with Gasteiger partial charge in [0, 0.05) is 32.3 Å². The van der Waals surface area contributed by atoms with Crippen LogP contribution in [-0.4, -0.2) is 43.8 Å². The Bertz CT molecular complexity index is 580. The molecule has 0 radical (unpaired) electrons. The number of hydrogen-bond acceptors (Lipinski definition) is 4. The molecule has 0 spiro atoms. The van der Waals surface area contributed by atoms with Crippen molar-refractivity contribution in [2.75, 3.05) is 20.1 Å². The van der Waals surface area contributed by atoms with Crippen molar-refractivity contribution in [3.8, 4) is 0 Å².